The van der Waals surface area contributed by atoms with Crippen molar-refractivity contribution in [3.63, 3.8) is 0 Å². The summed E-state index contributed by atoms with van der Waals surface area (Å²) >= 11 is 0. The standard InChI is InChI=1S/C36H38FN5O5/c1-3-47-34-23(12-17-30(43)44)11-16-29(39-34)40-35(46)36(18-6-7-19-36)41-33(45)24-10-14-26-28(20-24)42(2)32(27-15-13-25(37)21-38-27)31(26)22-8-4-5-9-22/h10-17,20-22H,3-9,18-19H2,1-2H3,(H,41,45)(H,43,44)(H,39,40,46)/b17-12+. The highest BCUT2D eigenvalue weighted by Crippen LogP contribution is 2.44. The Labute approximate surface area is 272 Å². The van der Waals surface area contributed by atoms with Gasteiger partial charge in [0.25, 0.3) is 11.8 Å². The van der Waals surface area contributed by atoms with E-state index in [1.54, 1.807) is 31.2 Å². The van der Waals surface area contributed by atoms with Crippen LogP contribution in [0.15, 0.2) is 54.7 Å². The lowest BCUT2D eigenvalue weighted by molar-refractivity contribution is -0.131. The molecule has 2 saturated carbocycles. The van der Waals surface area contributed by atoms with E-state index in [0.717, 1.165) is 61.2 Å². The van der Waals surface area contributed by atoms with E-state index < -0.39 is 17.3 Å². The van der Waals surface area contributed by atoms with E-state index in [1.165, 1.54) is 23.9 Å². The van der Waals surface area contributed by atoms with Crippen molar-refractivity contribution in [3.05, 3.63) is 77.2 Å². The van der Waals surface area contributed by atoms with Gasteiger partial charge in [-0.05, 0) is 86.6 Å². The van der Waals surface area contributed by atoms with Crippen LogP contribution < -0.4 is 15.4 Å². The maximum absolute atomic E-state index is 13.8. The van der Waals surface area contributed by atoms with Gasteiger partial charge in [-0.2, -0.15) is 4.98 Å². The van der Waals surface area contributed by atoms with Gasteiger partial charge in [-0.15, -0.1) is 0 Å². The largest absolute Gasteiger partial charge is 0.478 e. The first kappa shape index (κ1) is 31.9. The van der Waals surface area contributed by atoms with Crippen molar-refractivity contribution in [3.8, 4) is 17.3 Å². The Kier molecular flexibility index (Phi) is 9.06. The number of carboxylic acid groups (broad SMARTS) is 1. The number of carbonyl (C=O) groups is 3. The minimum atomic E-state index is -1.13. The molecule has 3 heterocycles. The molecule has 2 aliphatic rings. The predicted molar refractivity (Wildman–Crippen MR) is 177 cm³/mol. The molecular weight excluding hydrogens is 601 g/mol. The van der Waals surface area contributed by atoms with Gasteiger partial charge in [-0.3, -0.25) is 14.6 Å². The first-order chi connectivity index (χ1) is 22.7. The molecule has 4 aromatic rings. The summed E-state index contributed by atoms with van der Waals surface area (Å²) in [5, 5.41) is 16.0. The number of aliphatic carboxylic acids is 1. The van der Waals surface area contributed by atoms with Crippen molar-refractivity contribution in [2.45, 2.75) is 69.7 Å². The van der Waals surface area contributed by atoms with Crippen LogP contribution in [0.5, 0.6) is 5.88 Å². The maximum atomic E-state index is 13.8. The molecule has 3 aromatic heterocycles. The van der Waals surface area contributed by atoms with E-state index in [1.807, 2.05) is 23.7 Å². The van der Waals surface area contributed by atoms with Crippen molar-refractivity contribution >= 4 is 40.6 Å². The molecule has 2 fully saturated rings. The van der Waals surface area contributed by atoms with Gasteiger partial charge in [-0.25, -0.2) is 9.18 Å². The summed E-state index contributed by atoms with van der Waals surface area (Å²) in [6.45, 7) is 2.08. The van der Waals surface area contributed by atoms with Crippen molar-refractivity contribution in [1.29, 1.82) is 0 Å². The first-order valence-corrected chi connectivity index (χ1v) is 16.1. The Balaban J connectivity index is 1.28. The molecule has 3 N–H and O–H groups in total. The molecule has 1 aromatic carbocycles. The van der Waals surface area contributed by atoms with E-state index >= 15 is 0 Å². The van der Waals surface area contributed by atoms with Crippen LogP contribution in [-0.4, -0.2) is 49.6 Å². The summed E-state index contributed by atoms with van der Waals surface area (Å²) in [6, 6.07) is 12.0. The molecule has 0 radical (unpaired) electrons. The molecule has 10 nitrogen and oxygen atoms in total. The molecular formula is C36H38FN5O5. The fourth-order valence-electron chi connectivity index (χ4n) is 7.03. The van der Waals surface area contributed by atoms with Gasteiger partial charge in [0.15, 0.2) is 0 Å². The number of aromatic nitrogens is 3. The van der Waals surface area contributed by atoms with Crippen molar-refractivity contribution in [2.75, 3.05) is 11.9 Å². The zero-order chi connectivity index (χ0) is 33.1. The highest BCUT2D eigenvalue weighted by Gasteiger charge is 2.43. The lowest BCUT2D eigenvalue weighted by Gasteiger charge is -2.29. The van der Waals surface area contributed by atoms with Crippen LogP contribution in [0.4, 0.5) is 10.2 Å². The van der Waals surface area contributed by atoms with E-state index in [2.05, 4.69) is 20.6 Å². The van der Waals surface area contributed by atoms with Crippen LogP contribution in [-0.2, 0) is 16.6 Å². The van der Waals surface area contributed by atoms with Crippen molar-refractivity contribution in [1.82, 2.24) is 19.9 Å². The van der Waals surface area contributed by atoms with E-state index in [-0.39, 0.29) is 23.5 Å². The molecule has 47 heavy (non-hydrogen) atoms. The number of pyridine rings is 2. The zero-order valence-electron chi connectivity index (χ0n) is 26.5. The molecule has 2 amide bonds. The lowest BCUT2D eigenvalue weighted by Crippen LogP contribution is -2.55. The van der Waals surface area contributed by atoms with Gasteiger partial charge < -0.3 is 25.0 Å². The van der Waals surface area contributed by atoms with Crippen LogP contribution in [0, 0.1) is 5.82 Å². The number of fused-ring (bicyclic) bond motifs is 1. The number of amides is 2. The number of anilines is 1. The monoisotopic (exact) mass is 639 g/mol. The first-order valence-electron chi connectivity index (χ1n) is 16.1. The van der Waals surface area contributed by atoms with Crippen LogP contribution in [0.1, 0.15) is 85.7 Å². The molecule has 0 saturated heterocycles. The summed E-state index contributed by atoms with van der Waals surface area (Å²) in [7, 11) is 1.95. The van der Waals surface area contributed by atoms with Gasteiger partial charge in [0, 0.05) is 35.2 Å². The van der Waals surface area contributed by atoms with E-state index in [9.17, 15) is 18.8 Å². The summed E-state index contributed by atoms with van der Waals surface area (Å²) in [5.41, 5.74) is 3.43. The number of ether oxygens (including phenoxy) is 1. The Morgan fingerprint density at radius 1 is 1.09 bits per heavy atom. The highest BCUT2D eigenvalue weighted by molar-refractivity contribution is 6.05. The Morgan fingerprint density at radius 2 is 1.85 bits per heavy atom. The van der Waals surface area contributed by atoms with Gasteiger partial charge in [0.2, 0.25) is 5.88 Å². The number of carbonyl (C=O) groups excluding carboxylic acids is 2. The molecule has 0 aliphatic heterocycles. The normalized spacial score (nSPS) is 16.1. The molecule has 0 bridgehead atoms. The molecule has 0 atom stereocenters. The van der Waals surface area contributed by atoms with Gasteiger partial charge in [-0.1, -0.05) is 31.7 Å². The average Bonchev–Trinajstić information content (AvgIpc) is 3.82. The van der Waals surface area contributed by atoms with Crippen LogP contribution >= 0.6 is 0 Å². The summed E-state index contributed by atoms with van der Waals surface area (Å²) in [6.07, 6.45) is 10.5. The fraction of sp³-hybridized carbons (Fsp3) is 0.361. The fourth-order valence-corrected chi connectivity index (χ4v) is 7.03. The van der Waals surface area contributed by atoms with Crippen LogP contribution in [0.2, 0.25) is 0 Å². The predicted octanol–water partition coefficient (Wildman–Crippen LogP) is 6.61. The Hall–Kier alpha value is -5.06. The third-order valence-corrected chi connectivity index (χ3v) is 9.30. The number of carboxylic acids is 1. The molecule has 11 heteroatoms. The zero-order valence-corrected chi connectivity index (χ0v) is 26.5. The van der Waals surface area contributed by atoms with E-state index in [0.29, 0.717) is 42.2 Å². The molecule has 0 unspecified atom stereocenters. The second kappa shape index (κ2) is 13.4. The summed E-state index contributed by atoms with van der Waals surface area (Å²) < 4.78 is 21.4. The molecule has 0 spiro atoms. The van der Waals surface area contributed by atoms with Crippen molar-refractivity contribution < 1.29 is 28.6 Å². The third-order valence-electron chi connectivity index (χ3n) is 9.30. The molecule has 2 aliphatic carbocycles. The number of nitrogens with one attached hydrogen (secondary N) is 2. The van der Waals surface area contributed by atoms with Gasteiger partial charge in [0.05, 0.1) is 24.2 Å². The summed E-state index contributed by atoms with van der Waals surface area (Å²) in [5.74, 6) is -1.45. The topological polar surface area (TPSA) is 135 Å². The summed E-state index contributed by atoms with van der Waals surface area (Å²) in [4.78, 5) is 47.4. The number of aryl methyl sites for hydroxylation is 1. The number of hydrogen-bond acceptors (Lipinski definition) is 6. The second-order valence-corrected chi connectivity index (χ2v) is 12.3. The van der Waals surface area contributed by atoms with E-state index in [4.69, 9.17) is 9.84 Å². The SMILES string of the molecule is CCOc1nc(NC(=O)C2(NC(=O)c3ccc4c(C5CCCC5)c(-c5ccc(F)cn5)n(C)c4c3)CCCC2)ccc1/C=C/C(=O)O. The second-order valence-electron chi connectivity index (χ2n) is 12.3. The highest BCUT2D eigenvalue weighted by atomic mass is 19.1. The number of hydrogen-bond donors (Lipinski definition) is 3. The Bertz CT molecular complexity index is 1850. The number of halogens is 1. The molecule has 6 rings (SSSR count). The minimum Gasteiger partial charge on any atom is -0.478 e. The van der Waals surface area contributed by atoms with Gasteiger partial charge in [0.1, 0.15) is 17.2 Å². The molecule has 244 valence electrons. The lowest BCUT2D eigenvalue weighted by atomic mass is 9.92. The maximum Gasteiger partial charge on any atom is 0.328 e. The third kappa shape index (κ3) is 6.47. The number of benzene rings is 1. The van der Waals surface area contributed by atoms with Crippen LogP contribution in [0.3, 0.4) is 0 Å². The number of rotatable bonds is 10. The minimum absolute atomic E-state index is 0.190. The average molecular weight is 640 g/mol. The quantitative estimate of drug-likeness (QED) is 0.166. The van der Waals surface area contributed by atoms with Crippen LogP contribution in [0.25, 0.3) is 28.4 Å². The smallest absolute Gasteiger partial charge is 0.328 e. The van der Waals surface area contributed by atoms with Crippen molar-refractivity contribution in [2.24, 2.45) is 7.05 Å². The number of nitrogens with zero attached hydrogens (tertiary/aromatic N) is 3. The van der Waals surface area contributed by atoms with Gasteiger partial charge >= 0.3 is 5.97 Å². The Morgan fingerprint density at radius 3 is 2.53 bits per heavy atom.